The van der Waals surface area contributed by atoms with Crippen LogP contribution in [0.25, 0.3) is 0 Å². The second-order valence-electron chi connectivity index (χ2n) is 6.58. The average Bonchev–Trinajstić information content (AvgIpc) is 2.42. The number of carboxylic acids is 1. The van der Waals surface area contributed by atoms with Gasteiger partial charge in [0.25, 0.3) is 0 Å². The highest BCUT2D eigenvalue weighted by atomic mass is 16.4. The number of hydrogen-bond acceptors (Lipinski definition) is 3. The van der Waals surface area contributed by atoms with Crippen LogP contribution < -0.4 is 0 Å². The Morgan fingerprint density at radius 3 is 2.20 bits per heavy atom. The lowest BCUT2D eigenvalue weighted by Crippen LogP contribution is -2.34. The fourth-order valence-electron chi connectivity index (χ4n) is 3.91. The summed E-state index contributed by atoms with van der Waals surface area (Å²) in [6.45, 7) is 3.59. The van der Waals surface area contributed by atoms with Crippen LogP contribution in [0.4, 0.5) is 0 Å². The van der Waals surface area contributed by atoms with Crippen LogP contribution in [0.2, 0.25) is 0 Å². The zero-order valence-corrected chi connectivity index (χ0v) is 12.0. The molecule has 0 radical (unpaired) electrons. The molecule has 0 saturated heterocycles. The van der Waals surface area contributed by atoms with Crippen molar-refractivity contribution in [1.29, 1.82) is 0 Å². The Kier molecular flexibility index (Phi) is 5.22. The first-order chi connectivity index (χ1) is 9.47. The van der Waals surface area contributed by atoms with Crippen molar-refractivity contribution in [3.63, 3.8) is 0 Å². The molecule has 2 rings (SSSR count). The quantitative estimate of drug-likeness (QED) is 0.692. The smallest absolute Gasteiger partial charge is 0.330 e. The summed E-state index contributed by atoms with van der Waals surface area (Å²) in [5.41, 5.74) is 0.203. The topological polar surface area (TPSA) is 77.8 Å². The number of carboxylic acid groups (broad SMARTS) is 1. The van der Waals surface area contributed by atoms with Crippen molar-refractivity contribution in [2.75, 3.05) is 0 Å². The van der Waals surface area contributed by atoms with Gasteiger partial charge in [-0.2, -0.15) is 0 Å². The molecule has 2 fully saturated rings. The van der Waals surface area contributed by atoms with Gasteiger partial charge in [0.1, 0.15) is 0 Å². The minimum atomic E-state index is -0.958. The predicted octanol–water partition coefficient (Wildman–Crippen LogP) is 2.35. The van der Waals surface area contributed by atoms with E-state index in [2.05, 4.69) is 6.58 Å². The summed E-state index contributed by atoms with van der Waals surface area (Å²) in [7, 11) is 0. The number of aliphatic hydroxyl groups is 2. The van der Waals surface area contributed by atoms with Crippen molar-refractivity contribution in [3.05, 3.63) is 12.2 Å². The van der Waals surface area contributed by atoms with E-state index in [0.29, 0.717) is 18.3 Å². The number of carbonyl (C=O) groups is 1. The maximum absolute atomic E-state index is 10.9. The van der Waals surface area contributed by atoms with E-state index in [1.54, 1.807) is 0 Å². The van der Waals surface area contributed by atoms with Gasteiger partial charge in [-0.25, -0.2) is 4.79 Å². The summed E-state index contributed by atoms with van der Waals surface area (Å²) < 4.78 is 0. The molecule has 2 aliphatic carbocycles. The highest BCUT2D eigenvalue weighted by molar-refractivity contribution is 5.85. The lowest BCUT2D eigenvalue weighted by molar-refractivity contribution is -0.133. The first-order valence-corrected chi connectivity index (χ1v) is 7.74. The van der Waals surface area contributed by atoms with Crippen LogP contribution in [0.5, 0.6) is 0 Å². The monoisotopic (exact) mass is 282 g/mol. The fraction of sp³-hybridized carbons (Fsp3) is 0.812. The summed E-state index contributed by atoms with van der Waals surface area (Å²) in [6, 6.07) is 0. The molecule has 4 nitrogen and oxygen atoms in total. The molecule has 2 aliphatic rings. The Morgan fingerprint density at radius 1 is 1.00 bits per heavy atom. The van der Waals surface area contributed by atoms with Gasteiger partial charge in [-0.05, 0) is 69.1 Å². The molecule has 4 heteroatoms. The van der Waals surface area contributed by atoms with E-state index >= 15 is 0 Å². The van der Waals surface area contributed by atoms with Gasteiger partial charge in [-0.15, -0.1) is 0 Å². The molecule has 0 amide bonds. The van der Waals surface area contributed by atoms with Gasteiger partial charge in [-0.1, -0.05) is 6.58 Å². The normalized spacial score (nSPS) is 38.4. The van der Waals surface area contributed by atoms with Gasteiger partial charge in [0.15, 0.2) is 0 Å². The molecule has 3 unspecified atom stereocenters. The molecule has 20 heavy (non-hydrogen) atoms. The third-order valence-corrected chi connectivity index (χ3v) is 5.20. The Labute approximate surface area is 120 Å². The molecule has 2 saturated carbocycles. The van der Waals surface area contributed by atoms with Crippen LogP contribution in [0, 0.1) is 17.8 Å². The Balaban J connectivity index is 1.90. The minimum Gasteiger partial charge on any atom is -0.478 e. The van der Waals surface area contributed by atoms with Crippen molar-refractivity contribution in [2.24, 2.45) is 17.8 Å². The standard InChI is InChI=1S/C16H26O4/c1-10(16(19)20)8-13-9-12(4-7-15(13)18)11-2-5-14(17)6-3-11/h11-15,17-18H,1-9H2,(H,19,20). The SMILES string of the molecule is C=C(CC1CC(C2CCC(O)CC2)CCC1O)C(=O)O. The fourth-order valence-corrected chi connectivity index (χ4v) is 3.91. The zero-order chi connectivity index (χ0) is 14.7. The molecule has 0 heterocycles. The maximum atomic E-state index is 10.9. The van der Waals surface area contributed by atoms with E-state index in [1.807, 2.05) is 0 Å². The van der Waals surface area contributed by atoms with Crippen LogP contribution in [0.3, 0.4) is 0 Å². The van der Waals surface area contributed by atoms with Crippen molar-refractivity contribution >= 4 is 5.97 Å². The Bertz CT molecular complexity index is 357. The second-order valence-corrected chi connectivity index (χ2v) is 6.58. The zero-order valence-electron chi connectivity index (χ0n) is 12.0. The molecule has 0 aliphatic heterocycles. The van der Waals surface area contributed by atoms with Crippen LogP contribution in [0.15, 0.2) is 12.2 Å². The Hall–Kier alpha value is -0.870. The number of rotatable bonds is 4. The molecule has 0 aromatic heterocycles. The summed E-state index contributed by atoms with van der Waals surface area (Å²) in [5.74, 6) is 0.272. The molecular formula is C16H26O4. The molecule has 0 aromatic carbocycles. The van der Waals surface area contributed by atoms with Crippen molar-refractivity contribution in [1.82, 2.24) is 0 Å². The third-order valence-electron chi connectivity index (χ3n) is 5.20. The largest absolute Gasteiger partial charge is 0.478 e. The maximum Gasteiger partial charge on any atom is 0.330 e. The van der Waals surface area contributed by atoms with Crippen molar-refractivity contribution < 1.29 is 20.1 Å². The predicted molar refractivity (Wildman–Crippen MR) is 76.2 cm³/mol. The van der Waals surface area contributed by atoms with Gasteiger partial charge in [-0.3, -0.25) is 0 Å². The molecule has 0 spiro atoms. The molecule has 3 N–H and O–H groups in total. The van der Waals surface area contributed by atoms with Gasteiger partial charge in [0.05, 0.1) is 12.2 Å². The van der Waals surface area contributed by atoms with Crippen LogP contribution in [-0.4, -0.2) is 33.5 Å². The lowest BCUT2D eigenvalue weighted by Gasteiger charge is -2.39. The van der Waals surface area contributed by atoms with E-state index in [0.717, 1.165) is 44.9 Å². The summed E-state index contributed by atoms with van der Waals surface area (Å²) in [4.78, 5) is 10.9. The highest BCUT2D eigenvalue weighted by Crippen LogP contribution is 2.41. The number of hydrogen-bond donors (Lipinski definition) is 3. The van der Waals surface area contributed by atoms with Crippen LogP contribution in [0.1, 0.15) is 51.4 Å². The van der Waals surface area contributed by atoms with Gasteiger partial charge in [0.2, 0.25) is 0 Å². The third kappa shape index (κ3) is 3.83. The summed E-state index contributed by atoms with van der Waals surface area (Å²) in [6.07, 6.45) is 6.45. The van der Waals surface area contributed by atoms with E-state index in [4.69, 9.17) is 5.11 Å². The summed E-state index contributed by atoms with van der Waals surface area (Å²) in [5, 5.41) is 28.6. The van der Waals surface area contributed by atoms with Crippen molar-refractivity contribution in [2.45, 2.75) is 63.6 Å². The highest BCUT2D eigenvalue weighted by Gasteiger charge is 2.35. The van der Waals surface area contributed by atoms with Crippen molar-refractivity contribution in [3.8, 4) is 0 Å². The van der Waals surface area contributed by atoms with Crippen LogP contribution >= 0.6 is 0 Å². The molecule has 0 aromatic rings. The van der Waals surface area contributed by atoms with E-state index in [-0.39, 0.29) is 17.6 Å². The first kappa shape index (κ1) is 15.5. The van der Waals surface area contributed by atoms with E-state index in [1.165, 1.54) is 0 Å². The van der Waals surface area contributed by atoms with Gasteiger partial charge >= 0.3 is 5.97 Å². The van der Waals surface area contributed by atoms with E-state index < -0.39 is 12.1 Å². The Morgan fingerprint density at radius 2 is 1.60 bits per heavy atom. The molecular weight excluding hydrogens is 256 g/mol. The molecule has 0 bridgehead atoms. The molecule has 3 atom stereocenters. The minimum absolute atomic E-state index is 0.0317. The average molecular weight is 282 g/mol. The van der Waals surface area contributed by atoms with Crippen LogP contribution in [-0.2, 0) is 4.79 Å². The molecule has 114 valence electrons. The first-order valence-electron chi connectivity index (χ1n) is 7.74. The number of aliphatic hydroxyl groups excluding tert-OH is 2. The lowest BCUT2D eigenvalue weighted by atomic mass is 9.68. The summed E-state index contributed by atoms with van der Waals surface area (Å²) >= 11 is 0. The number of aliphatic carboxylic acids is 1. The second kappa shape index (κ2) is 6.72. The van der Waals surface area contributed by atoms with Gasteiger partial charge in [0, 0.05) is 5.57 Å². The van der Waals surface area contributed by atoms with E-state index in [9.17, 15) is 15.0 Å². The van der Waals surface area contributed by atoms with Gasteiger partial charge < -0.3 is 15.3 Å².